The number of likely N-dealkylation sites (N-methyl/N-ethyl adjacent to an activating group) is 1. The van der Waals surface area contributed by atoms with Crippen molar-refractivity contribution in [1.82, 2.24) is 10.2 Å². The lowest BCUT2D eigenvalue weighted by Gasteiger charge is -2.24. The summed E-state index contributed by atoms with van der Waals surface area (Å²) >= 11 is 6.01. The summed E-state index contributed by atoms with van der Waals surface area (Å²) < 4.78 is 0. The third-order valence-electron chi connectivity index (χ3n) is 4.31. The van der Waals surface area contributed by atoms with Gasteiger partial charge in [-0.15, -0.1) is 12.4 Å². The summed E-state index contributed by atoms with van der Waals surface area (Å²) in [5.41, 5.74) is 1.20. The Balaban J connectivity index is 0.00000147. The van der Waals surface area contributed by atoms with Gasteiger partial charge in [0, 0.05) is 30.6 Å². The highest BCUT2D eigenvalue weighted by molar-refractivity contribution is 6.30. The second-order valence-electron chi connectivity index (χ2n) is 5.60. The number of hydrogen-bond acceptors (Lipinski definition) is 2. The number of halogens is 2. The molecule has 1 aromatic rings. The van der Waals surface area contributed by atoms with Crippen molar-refractivity contribution in [3.05, 3.63) is 34.9 Å². The van der Waals surface area contributed by atoms with Crippen LogP contribution < -0.4 is 5.32 Å². The minimum absolute atomic E-state index is 0. The number of hydrogen-bond donors (Lipinski definition) is 1. The molecule has 1 saturated carbocycles. The third-order valence-corrected chi connectivity index (χ3v) is 4.55. The van der Waals surface area contributed by atoms with E-state index in [0.717, 1.165) is 31.0 Å². The Bertz CT molecular complexity index is 489. The van der Waals surface area contributed by atoms with Gasteiger partial charge in [-0.05, 0) is 43.0 Å². The summed E-state index contributed by atoms with van der Waals surface area (Å²) in [6, 6.07) is 8.26. The lowest BCUT2D eigenvalue weighted by atomic mass is 10.1. The van der Waals surface area contributed by atoms with E-state index in [-0.39, 0.29) is 18.3 Å². The van der Waals surface area contributed by atoms with Gasteiger partial charge in [-0.2, -0.15) is 0 Å². The van der Waals surface area contributed by atoms with E-state index in [1.807, 2.05) is 30.1 Å². The lowest BCUT2D eigenvalue weighted by molar-refractivity contribution is -0.133. The number of nitrogens with zero attached hydrogens (tertiary/aromatic N) is 1. The maximum absolute atomic E-state index is 12.4. The van der Waals surface area contributed by atoms with E-state index in [0.29, 0.717) is 17.9 Å². The van der Waals surface area contributed by atoms with Crippen LogP contribution in [0.3, 0.4) is 0 Å². The first-order valence-corrected chi connectivity index (χ1v) is 7.27. The zero-order chi connectivity index (χ0) is 13.4. The average molecular weight is 315 g/mol. The number of rotatable bonds is 3. The second kappa shape index (κ2) is 6.33. The molecule has 0 spiro atoms. The van der Waals surface area contributed by atoms with Crippen molar-refractivity contribution in [3.63, 3.8) is 0 Å². The molecule has 1 amide bonds. The first kappa shape index (κ1) is 15.6. The molecule has 110 valence electrons. The van der Waals surface area contributed by atoms with Crippen LogP contribution in [0.4, 0.5) is 0 Å². The number of amides is 1. The Morgan fingerprint density at radius 1 is 1.45 bits per heavy atom. The highest BCUT2D eigenvalue weighted by Crippen LogP contribution is 2.49. The standard InChI is InChI=1S/C15H19ClN2O.ClH/c1-18(12-5-6-17-9-12)15(19)14-8-13(14)10-3-2-4-11(16)7-10;/h2-4,7,12-14,17H,5-6,8-9H2,1H3;1H. The minimum Gasteiger partial charge on any atom is -0.341 e. The third kappa shape index (κ3) is 3.11. The summed E-state index contributed by atoms with van der Waals surface area (Å²) in [5.74, 6) is 0.811. The number of benzene rings is 1. The molecule has 1 saturated heterocycles. The summed E-state index contributed by atoms with van der Waals surface area (Å²) in [7, 11) is 1.94. The molecule has 0 radical (unpaired) electrons. The average Bonchev–Trinajstić information content (AvgIpc) is 3.02. The maximum atomic E-state index is 12.4. The fourth-order valence-corrected chi connectivity index (χ4v) is 3.18. The van der Waals surface area contributed by atoms with E-state index in [2.05, 4.69) is 11.4 Å². The topological polar surface area (TPSA) is 32.3 Å². The van der Waals surface area contributed by atoms with Crippen LogP contribution in [-0.2, 0) is 4.79 Å². The van der Waals surface area contributed by atoms with Crippen LogP contribution in [0, 0.1) is 5.92 Å². The SMILES string of the molecule is CN(C(=O)C1CC1c1cccc(Cl)c1)C1CCNC1.Cl. The van der Waals surface area contributed by atoms with Crippen LogP contribution in [0.25, 0.3) is 0 Å². The molecule has 3 nitrogen and oxygen atoms in total. The molecule has 3 rings (SSSR count). The van der Waals surface area contributed by atoms with E-state index >= 15 is 0 Å². The molecule has 1 aliphatic heterocycles. The first-order chi connectivity index (χ1) is 9.16. The number of nitrogens with one attached hydrogen (secondary N) is 1. The first-order valence-electron chi connectivity index (χ1n) is 6.89. The van der Waals surface area contributed by atoms with E-state index < -0.39 is 0 Å². The Hall–Kier alpha value is -0.770. The quantitative estimate of drug-likeness (QED) is 0.930. The Morgan fingerprint density at radius 2 is 2.25 bits per heavy atom. The summed E-state index contributed by atoms with van der Waals surface area (Å²) in [5, 5.41) is 4.06. The van der Waals surface area contributed by atoms with E-state index in [1.54, 1.807) is 0 Å². The van der Waals surface area contributed by atoms with Gasteiger partial charge in [-0.25, -0.2) is 0 Å². The molecule has 1 aromatic carbocycles. The highest BCUT2D eigenvalue weighted by Gasteiger charge is 2.46. The molecular weight excluding hydrogens is 295 g/mol. The zero-order valence-electron chi connectivity index (χ0n) is 11.5. The van der Waals surface area contributed by atoms with Crippen LogP contribution >= 0.6 is 24.0 Å². The van der Waals surface area contributed by atoms with Gasteiger partial charge < -0.3 is 10.2 Å². The molecule has 20 heavy (non-hydrogen) atoms. The van der Waals surface area contributed by atoms with Gasteiger partial charge in [-0.1, -0.05) is 23.7 Å². The zero-order valence-corrected chi connectivity index (χ0v) is 13.1. The molecule has 1 aliphatic carbocycles. The molecule has 2 aliphatic rings. The second-order valence-corrected chi connectivity index (χ2v) is 6.04. The summed E-state index contributed by atoms with van der Waals surface area (Å²) in [4.78, 5) is 14.4. The van der Waals surface area contributed by atoms with Gasteiger partial charge in [0.2, 0.25) is 5.91 Å². The van der Waals surface area contributed by atoms with E-state index in [4.69, 9.17) is 11.6 Å². The molecule has 0 aromatic heterocycles. The van der Waals surface area contributed by atoms with Crippen molar-refractivity contribution in [3.8, 4) is 0 Å². The predicted octanol–water partition coefficient (Wildman–Crippen LogP) is 2.69. The molecule has 1 heterocycles. The van der Waals surface area contributed by atoms with Crippen LogP contribution in [-0.4, -0.2) is 37.0 Å². The van der Waals surface area contributed by atoms with Crippen LogP contribution in [0.15, 0.2) is 24.3 Å². The summed E-state index contributed by atoms with van der Waals surface area (Å²) in [6.45, 7) is 1.95. The minimum atomic E-state index is 0. The van der Waals surface area contributed by atoms with Crippen LogP contribution in [0.2, 0.25) is 5.02 Å². The van der Waals surface area contributed by atoms with Gasteiger partial charge >= 0.3 is 0 Å². The molecule has 2 fully saturated rings. The van der Waals surface area contributed by atoms with Crippen LogP contribution in [0.1, 0.15) is 24.3 Å². The van der Waals surface area contributed by atoms with Crippen molar-refractivity contribution in [2.24, 2.45) is 5.92 Å². The molecule has 0 bridgehead atoms. The van der Waals surface area contributed by atoms with Gasteiger partial charge in [-0.3, -0.25) is 4.79 Å². The molecule has 5 heteroatoms. The molecule has 3 unspecified atom stereocenters. The smallest absolute Gasteiger partial charge is 0.226 e. The van der Waals surface area contributed by atoms with Gasteiger partial charge in [0.1, 0.15) is 0 Å². The van der Waals surface area contributed by atoms with Crippen molar-refractivity contribution in [2.45, 2.75) is 24.8 Å². The Kier molecular flexibility index (Phi) is 4.95. The lowest BCUT2D eigenvalue weighted by Crippen LogP contribution is -2.39. The molecule has 3 atom stereocenters. The van der Waals surface area contributed by atoms with Gasteiger partial charge in [0.05, 0.1) is 0 Å². The molecule has 1 N–H and O–H groups in total. The van der Waals surface area contributed by atoms with Crippen molar-refractivity contribution >= 4 is 29.9 Å². The Labute approximate surface area is 131 Å². The normalized spacial score (nSPS) is 27.8. The molecular formula is C15H20Cl2N2O. The summed E-state index contributed by atoms with van der Waals surface area (Å²) in [6.07, 6.45) is 2.03. The monoisotopic (exact) mass is 314 g/mol. The Morgan fingerprint density at radius 3 is 2.90 bits per heavy atom. The predicted molar refractivity (Wildman–Crippen MR) is 83.6 cm³/mol. The van der Waals surface area contributed by atoms with Gasteiger partial charge in [0.25, 0.3) is 0 Å². The van der Waals surface area contributed by atoms with Crippen molar-refractivity contribution < 1.29 is 4.79 Å². The fraction of sp³-hybridized carbons (Fsp3) is 0.533. The van der Waals surface area contributed by atoms with Crippen molar-refractivity contribution in [2.75, 3.05) is 20.1 Å². The van der Waals surface area contributed by atoms with E-state index in [1.165, 1.54) is 5.56 Å². The van der Waals surface area contributed by atoms with Crippen molar-refractivity contribution in [1.29, 1.82) is 0 Å². The van der Waals surface area contributed by atoms with E-state index in [9.17, 15) is 4.79 Å². The van der Waals surface area contributed by atoms with Gasteiger partial charge in [0.15, 0.2) is 0 Å². The number of carbonyl (C=O) groups is 1. The largest absolute Gasteiger partial charge is 0.341 e. The van der Waals surface area contributed by atoms with Crippen LogP contribution in [0.5, 0.6) is 0 Å². The highest BCUT2D eigenvalue weighted by atomic mass is 35.5. The fourth-order valence-electron chi connectivity index (χ4n) is 2.99. The number of carbonyl (C=O) groups excluding carboxylic acids is 1. The maximum Gasteiger partial charge on any atom is 0.226 e.